The first kappa shape index (κ1) is 14.5. The monoisotopic (exact) mass is 260 g/mol. The highest BCUT2D eigenvalue weighted by Crippen LogP contribution is 2.10. The minimum absolute atomic E-state index is 0.675. The molecule has 1 aliphatic heterocycles. The van der Waals surface area contributed by atoms with Crippen LogP contribution in [-0.2, 0) is 13.0 Å². The molecule has 0 aromatic heterocycles. The summed E-state index contributed by atoms with van der Waals surface area (Å²) in [5, 5.41) is 7.14. The molecular weight excluding hydrogens is 232 g/mol. The van der Waals surface area contributed by atoms with Crippen molar-refractivity contribution in [1.82, 2.24) is 10.6 Å². The Morgan fingerprint density at radius 2 is 1.89 bits per heavy atom. The summed E-state index contributed by atoms with van der Waals surface area (Å²) < 4.78 is 0. The summed E-state index contributed by atoms with van der Waals surface area (Å²) in [6, 6.07) is 9.75. The third-order valence-electron chi connectivity index (χ3n) is 3.80. The molecule has 1 fully saturated rings. The molecule has 0 bridgehead atoms. The first-order valence-corrected chi connectivity index (χ1v) is 7.76. The van der Waals surface area contributed by atoms with E-state index in [0.717, 1.165) is 19.0 Å². The molecule has 0 radical (unpaired) electrons. The molecule has 1 aliphatic rings. The van der Waals surface area contributed by atoms with E-state index in [1.165, 1.54) is 43.4 Å². The summed E-state index contributed by atoms with van der Waals surface area (Å²) in [7, 11) is 0. The van der Waals surface area contributed by atoms with Gasteiger partial charge < -0.3 is 10.6 Å². The lowest BCUT2D eigenvalue weighted by Gasteiger charge is -2.23. The lowest BCUT2D eigenvalue weighted by atomic mass is 10.0. The van der Waals surface area contributed by atoms with Crippen LogP contribution in [-0.4, -0.2) is 19.1 Å². The largest absolute Gasteiger partial charge is 0.313 e. The normalized spacial score (nSPS) is 19.8. The lowest BCUT2D eigenvalue weighted by molar-refractivity contribution is 0.383. The quantitative estimate of drug-likeness (QED) is 0.821. The first-order chi connectivity index (χ1) is 9.24. The average Bonchev–Trinajstić information content (AvgIpc) is 2.41. The van der Waals surface area contributed by atoms with Gasteiger partial charge in [0, 0.05) is 19.1 Å². The molecule has 1 unspecified atom stereocenters. The molecule has 2 N–H and O–H groups in total. The Morgan fingerprint density at radius 1 is 1.16 bits per heavy atom. The summed E-state index contributed by atoms with van der Waals surface area (Å²) in [6.45, 7) is 7.81. The van der Waals surface area contributed by atoms with Crippen molar-refractivity contribution in [3.05, 3.63) is 35.4 Å². The van der Waals surface area contributed by atoms with Crippen LogP contribution in [0.3, 0.4) is 0 Å². The average molecular weight is 260 g/mol. The highest BCUT2D eigenvalue weighted by Gasteiger charge is 2.11. The van der Waals surface area contributed by atoms with Gasteiger partial charge in [0.15, 0.2) is 0 Å². The summed E-state index contributed by atoms with van der Waals surface area (Å²) in [4.78, 5) is 0. The van der Waals surface area contributed by atoms with Crippen molar-refractivity contribution in [2.75, 3.05) is 13.1 Å². The van der Waals surface area contributed by atoms with Gasteiger partial charge in [0.2, 0.25) is 0 Å². The zero-order valence-corrected chi connectivity index (χ0v) is 12.4. The van der Waals surface area contributed by atoms with Gasteiger partial charge in [0.25, 0.3) is 0 Å². The molecule has 0 aliphatic carbocycles. The van der Waals surface area contributed by atoms with E-state index >= 15 is 0 Å². The van der Waals surface area contributed by atoms with E-state index in [9.17, 15) is 0 Å². The number of benzene rings is 1. The number of piperidine rings is 1. The van der Waals surface area contributed by atoms with Gasteiger partial charge in [-0.05, 0) is 42.9 Å². The Bertz CT molecular complexity index is 350. The molecule has 2 rings (SSSR count). The van der Waals surface area contributed by atoms with E-state index in [1.54, 1.807) is 0 Å². The zero-order valence-electron chi connectivity index (χ0n) is 12.4. The minimum atomic E-state index is 0.675. The standard InChI is InChI=1S/C17H28N2/c1-14(2)11-15-6-8-16(9-7-15)12-18-13-17-5-3-4-10-19-17/h6-9,14,17-19H,3-5,10-13H2,1-2H3. The van der Waals surface area contributed by atoms with Gasteiger partial charge in [-0.15, -0.1) is 0 Å². The van der Waals surface area contributed by atoms with Gasteiger partial charge in [-0.25, -0.2) is 0 Å². The Labute approximate surface area is 118 Å². The second-order valence-corrected chi connectivity index (χ2v) is 6.19. The maximum atomic E-state index is 3.57. The first-order valence-electron chi connectivity index (χ1n) is 7.76. The number of rotatable bonds is 6. The van der Waals surface area contributed by atoms with Gasteiger partial charge >= 0.3 is 0 Å². The predicted octanol–water partition coefficient (Wildman–Crippen LogP) is 3.12. The van der Waals surface area contributed by atoms with Crippen molar-refractivity contribution in [2.45, 2.75) is 52.1 Å². The van der Waals surface area contributed by atoms with Crippen LogP contribution in [0.4, 0.5) is 0 Å². The molecule has 0 spiro atoms. The second-order valence-electron chi connectivity index (χ2n) is 6.19. The smallest absolute Gasteiger partial charge is 0.0206 e. The molecule has 1 atom stereocenters. The van der Waals surface area contributed by atoms with Crippen molar-refractivity contribution < 1.29 is 0 Å². The number of hydrogen-bond acceptors (Lipinski definition) is 2. The van der Waals surface area contributed by atoms with Gasteiger partial charge in [0.1, 0.15) is 0 Å². The number of nitrogens with one attached hydrogen (secondary N) is 2. The fourth-order valence-corrected chi connectivity index (χ4v) is 2.75. The minimum Gasteiger partial charge on any atom is -0.313 e. The Kier molecular flexibility index (Phi) is 5.87. The molecule has 0 amide bonds. The van der Waals surface area contributed by atoms with Crippen LogP contribution in [0.2, 0.25) is 0 Å². The Morgan fingerprint density at radius 3 is 2.53 bits per heavy atom. The highest BCUT2D eigenvalue weighted by atomic mass is 15.0. The van der Waals surface area contributed by atoms with Crippen LogP contribution in [0.15, 0.2) is 24.3 Å². The van der Waals surface area contributed by atoms with Gasteiger partial charge in [-0.1, -0.05) is 44.5 Å². The van der Waals surface area contributed by atoms with Crippen LogP contribution < -0.4 is 10.6 Å². The molecule has 1 aromatic carbocycles. The molecule has 1 saturated heterocycles. The lowest BCUT2D eigenvalue weighted by Crippen LogP contribution is -2.41. The molecule has 0 saturated carbocycles. The highest BCUT2D eigenvalue weighted by molar-refractivity contribution is 5.22. The van der Waals surface area contributed by atoms with Crippen molar-refractivity contribution in [3.8, 4) is 0 Å². The van der Waals surface area contributed by atoms with E-state index in [0.29, 0.717) is 6.04 Å². The van der Waals surface area contributed by atoms with Crippen LogP contribution in [0, 0.1) is 5.92 Å². The van der Waals surface area contributed by atoms with Gasteiger partial charge in [-0.3, -0.25) is 0 Å². The van der Waals surface area contributed by atoms with Crippen LogP contribution in [0.5, 0.6) is 0 Å². The van der Waals surface area contributed by atoms with E-state index in [1.807, 2.05) is 0 Å². The third kappa shape index (κ3) is 5.33. The van der Waals surface area contributed by atoms with Gasteiger partial charge in [-0.2, -0.15) is 0 Å². The SMILES string of the molecule is CC(C)Cc1ccc(CNCC2CCCCN2)cc1. The summed E-state index contributed by atoms with van der Waals surface area (Å²) in [6.07, 6.45) is 5.22. The molecule has 1 heterocycles. The number of hydrogen-bond donors (Lipinski definition) is 2. The molecule has 19 heavy (non-hydrogen) atoms. The maximum Gasteiger partial charge on any atom is 0.0206 e. The molecule has 2 heteroatoms. The molecule has 2 nitrogen and oxygen atoms in total. The predicted molar refractivity (Wildman–Crippen MR) is 82.3 cm³/mol. The topological polar surface area (TPSA) is 24.1 Å². The second kappa shape index (κ2) is 7.66. The maximum absolute atomic E-state index is 3.57. The molecular formula is C17H28N2. The Balaban J connectivity index is 1.70. The summed E-state index contributed by atoms with van der Waals surface area (Å²) in [5.41, 5.74) is 2.84. The molecule has 1 aromatic rings. The van der Waals surface area contributed by atoms with Crippen LogP contribution in [0.25, 0.3) is 0 Å². The zero-order chi connectivity index (χ0) is 13.5. The van der Waals surface area contributed by atoms with Crippen molar-refractivity contribution in [2.24, 2.45) is 5.92 Å². The van der Waals surface area contributed by atoms with Crippen molar-refractivity contribution >= 4 is 0 Å². The van der Waals surface area contributed by atoms with E-state index in [-0.39, 0.29) is 0 Å². The van der Waals surface area contributed by atoms with E-state index in [4.69, 9.17) is 0 Å². The Hall–Kier alpha value is -0.860. The fraction of sp³-hybridized carbons (Fsp3) is 0.647. The summed E-state index contributed by atoms with van der Waals surface area (Å²) in [5.74, 6) is 0.737. The summed E-state index contributed by atoms with van der Waals surface area (Å²) >= 11 is 0. The van der Waals surface area contributed by atoms with Crippen LogP contribution in [0.1, 0.15) is 44.2 Å². The van der Waals surface area contributed by atoms with E-state index in [2.05, 4.69) is 48.7 Å². The molecule has 106 valence electrons. The van der Waals surface area contributed by atoms with Gasteiger partial charge in [0.05, 0.1) is 0 Å². The van der Waals surface area contributed by atoms with Crippen LogP contribution >= 0.6 is 0 Å². The third-order valence-corrected chi connectivity index (χ3v) is 3.80. The van der Waals surface area contributed by atoms with Crippen molar-refractivity contribution in [3.63, 3.8) is 0 Å². The van der Waals surface area contributed by atoms with Crippen molar-refractivity contribution in [1.29, 1.82) is 0 Å². The van der Waals surface area contributed by atoms with E-state index < -0.39 is 0 Å². The fourth-order valence-electron chi connectivity index (χ4n) is 2.75.